The molecular formula is C20H25ClN2O4. The predicted molar refractivity (Wildman–Crippen MR) is 101 cm³/mol. The first-order chi connectivity index (χ1) is 13.0. The summed E-state index contributed by atoms with van der Waals surface area (Å²) in [6.07, 6.45) is 6.05. The number of amides is 2. The molecule has 5 rings (SSSR count). The van der Waals surface area contributed by atoms with Crippen LogP contribution in [0, 0.1) is 5.92 Å². The van der Waals surface area contributed by atoms with Gasteiger partial charge in [0.15, 0.2) is 6.61 Å². The van der Waals surface area contributed by atoms with E-state index < -0.39 is 0 Å². The number of carbonyl (C=O) groups excluding carboxylic acids is 2. The monoisotopic (exact) mass is 392 g/mol. The van der Waals surface area contributed by atoms with Crippen LogP contribution in [0.5, 0.6) is 5.75 Å². The van der Waals surface area contributed by atoms with Gasteiger partial charge in [-0.25, -0.2) is 0 Å². The molecule has 146 valence electrons. The third-order valence-corrected chi connectivity index (χ3v) is 6.09. The molecule has 0 atom stereocenters. The van der Waals surface area contributed by atoms with Crippen molar-refractivity contribution in [1.82, 2.24) is 10.6 Å². The average Bonchev–Trinajstić information content (AvgIpc) is 2.53. The molecule has 0 spiro atoms. The molecule has 4 saturated carbocycles. The highest BCUT2D eigenvalue weighted by Gasteiger charge is 2.69. The van der Waals surface area contributed by atoms with Crippen molar-refractivity contribution in [3.8, 4) is 5.75 Å². The van der Waals surface area contributed by atoms with Gasteiger partial charge in [0, 0.05) is 16.1 Å². The van der Waals surface area contributed by atoms with Crippen molar-refractivity contribution >= 4 is 23.4 Å². The number of hydrogen-bond acceptors (Lipinski definition) is 4. The average molecular weight is 393 g/mol. The number of hydrogen-bond donors (Lipinski definition) is 2. The number of carbonyl (C=O) groups is 2. The Hall–Kier alpha value is -1.79. The largest absolute Gasteiger partial charge is 0.484 e. The highest BCUT2D eigenvalue weighted by molar-refractivity contribution is 6.30. The van der Waals surface area contributed by atoms with Gasteiger partial charge in [-0.15, -0.1) is 0 Å². The molecule has 4 aliphatic carbocycles. The quantitative estimate of drug-likeness (QED) is 0.676. The van der Waals surface area contributed by atoms with E-state index in [1.807, 2.05) is 0 Å². The fourth-order valence-corrected chi connectivity index (χ4v) is 4.50. The SMILES string of the molecule is O=C(COCC1CCC1)NC12CC(NC(=O)COc3ccc(Cl)cc3)(C1)C2. The Morgan fingerprint density at radius 3 is 2.15 bits per heavy atom. The summed E-state index contributed by atoms with van der Waals surface area (Å²) in [6.45, 7) is 0.790. The Morgan fingerprint density at radius 1 is 1.00 bits per heavy atom. The van der Waals surface area contributed by atoms with Crippen molar-refractivity contribution in [2.45, 2.75) is 49.6 Å². The maximum Gasteiger partial charge on any atom is 0.258 e. The molecule has 0 aromatic heterocycles. The Kier molecular flexibility index (Phi) is 5.03. The van der Waals surface area contributed by atoms with Gasteiger partial charge >= 0.3 is 0 Å². The van der Waals surface area contributed by atoms with Gasteiger partial charge in [-0.05, 0) is 62.3 Å². The predicted octanol–water partition coefficient (Wildman–Crippen LogP) is 2.44. The molecule has 2 amide bonds. The van der Waals surface area contributed by atoms with Crippen LogP contribution in [0.15, 0.2) is 24.3 Å². The van der Waals surface area contributed by atoms with E-state index in [0.29, 0.717) is 23.3 Å². The van der Waals surface area contributed by atoms with Gasteiger partial charge in [-0.3, -0.25) is 9.59 Å². The lowest BCUT2D eigenvalue weighted by Crippen LogP contribution is -2.84. The lowest BCUT2D eigenvalue weighted by atomic mass is 9.44. The van der Waals surface area contributed by atoms with Gasteiger partial charge in [-0.1, -0.05) is 18.0 Å². The summed E-state index contributed by atoms with van der Waals surface area (Å²) in [6, 6.07) is 6.90. The van der Waals surface area contributed by atoms with Crippen LogP contribution in [0.25, 0.3) is 0 Å². The zero-order chi connectivity index (χ0) is 18.9. The minimum Gasteiger partial charge on any atom is -0.484 e. The van der Waals surface area contributed by atoms with Gasteiger partial charge in [0.25, 0.3) is 5.91 Å². The molecule has 0 radical (unpaired) electrons. The second kappa shape index (κ2) is 7.32. The lowest BCUT2D eigenvalue weighted by molar-refractivity contribution is -0.152. The molecule has 7 heteroatoms. The van der Waals surface area contributed by atoms with E-state index in [9.17, 15) is 9.59 Å². The van der Waals surface area contributed by atoms with Crippen LogP contribution < -0.4 is 15.4 Å². The Labute approximate surface area is 163 Å². The molecule has 0 unspecified atom stereocenters. The number of rotatable bonds is 9. The van der Waals surface area contributed by atoms with Crippen molar-refractivity contribution in [2.75, 3.05) is 19.8 Å². The molecular weight excluding hydrogens is 368 g/mol. The molecule has 4 fully saturated rings. The highest BCUT2D eigenvalue weighted by Crippen LogP contribution is 2.60. The van der Waals surface area contributed by atoms with Crippen LogP contribution >= 0.6 is 11.6 Å². The highest BCUT2D eigenvalue weighted by atomic mass is 35.5. The summed E-state index contributed by atoms with van der Waals surface area (Å²) in [4.78, 5) is 24.1. The normalized spacial score (nSPS) is 28.3. The van der Waals surface area contributed by atoms with Crippen molar-refractivity contribution in [3.05, 3.63) is 29.3 Å². The summed E-state index contributed by atoms with van der Waals surface area (Å²) in [5.41, 5.74) is -0.332. The fourth-order valence-electron chi connectivity index (χ4n) is 4.37. The van der Waals surface area contributed by atoms with E-state index in [2.05, 4.69) is 10.6 Å². The number of halogens is 1. The molecule has 1 aromatic carbocycles. The number of nitrogens with one attached hydrogen (secondary N) is 2. The van der Waals surface area contributed by atoms with E-state index in [-0.39, 0.29) is 36.1 Å². The van der Waals surface area contributed by atoms with Crippen LogP contribution in [0.1, 0.15) is 38.5 Å². The third-order valence-electron chi connectivity index (χ3n) is 5.83. The molecule has 2 bridgehead atoms. The van der Waals surface area contributed by atoms with E-state index >= 15 is 0 Å². The van der Waals surface area contributed by atoms with E-state index in [4.69, 9.17) is 21.1 Å². The second-order valence-corrected chi connectivity index (χ2v) is 8.68. The molecule has 1 aromatic rings. The first-order valence-corrected chi connectivity index (χ1v) is 9.92. The molecule has 2 N–H and O–H groups in total. The van der Waals surface area contributed by atoms with Crippen molar-refractivity contribution in [2.24, 2.45) is 5.92 Å². The van der Waals surface area contributed by atoms with Crippen LogP contribution in [-0.2, 0) is 14.3 Å². The van der Waals surface area contributed by atoms with E-state index in [1.165, 1.54) is 19.3 Å². The van der Waals surface area contributed by atoms with Crippen LogP contribution in [0.2, 0.25) is 5.02 Å². The van der Waals surface area contributed by atoms with Gasteiger partial charge in [-0.2, -0.15) is 0 Å². The van der Waals surface area contributed by atoms with Gasteiger partial charge in [0.1, 0.15) is 12.4 Å². The van der Waals surface area contributed by atoms with Gasteiger partial charge in [0.05, 0.1) is 6.61 Å². The summed E-state index contributed by atoms with van der Waals surface area (Å²) in [5.74, 6) is 1.05. The van der Waals surface area contributed by atoms with Crippen molar-refractivity contribution in [1.29, 1.82) is 0 Å². The van der Waals surface area contributed by atoms with Crippen LogP contribution in [0.4, 0.5) is 0 Å². The van der Waals surface area contributed by atoms with Crippen molar-refractivity contribution < 1.29 is 19.1 Å². The second-order valence-electron chi connectivity index (χ2n) is 8.24. The topological polar surface area (TPSA) is 76.7 Å². The summed E-state index contributed by atoms with van der Waals surface area (Å²) in [5, 5.41) is 6.74. The molecule has 27 heavy (non-hydrogen) atoms. The fraction of sp³-hybridized carbons (Fsp3) is 0.600. The van der Waals surface area contributed by atoms with Gasteiger partial charge < -0.3 is 20.1 Å². The zero-order valence-corrected chi connectivity index (χ0v) is 16.0. The zero-order valence-electron chi connectivity index (χ0n) is 15.3. The summed E-state index contributed by atoms with van der Waals surface area (Å²) < 4.78 is 11.0. The molecule has 4 aliphatic rings. The maximum absolute atomic E-state index is 12.1. The van der Waals surface area contributed by atoms with E-state index in [0.717, 1.165) is 19.3 Å². The smallest absolute Gasteiger partial charge is 0.258 e. The van der Waals surface area contributed by atoms with Gasteiger partial charge in [0.2, 0.25) is 5.91 Å². The minimum atomic E-state index is -0.180. The first kappa shape index (κ1) is 18.6. The van der Waals surface area contributed by atoms with E-state index in [1.54, 1.807) is 24.3 Å². The maximum atomic E-state index is 12.1. The molecule has 6 nitrogen and oxygen atoms in total. The molecule has 0 aliphatic heterocycles. The van der Waals surface area contributed by atoms with Crippen molar-refractivity contribution in [3.63, 3.8) is 0 Å². The Balaban J connectivity index is 1.12. The van der Waals surface area contributed by atoms with Crippen LogP contribution in [0.3, 0.4) is 0 Å². The lowest BCUT2D eigenvalue weighted by Gasteiger charge is -2.70. The summed E-state index contributed by atoms with van der Waals surface area (Å²) in [7, 11) is 0. The Morgan fingerprint density at radius 2 is 1.59 bits per heavy atom. The third kappa shape index (κ3) is 4.22. The summed E-state index contributed by atoms with van der Waals surface area (Å²) >= 11 is 5.82. The number of ether oxygens (including phenoxy) is 2. The first-order valence-electron chi connectivity index (χ1n) is 9.54. The molecule has 0 heterocycles. The number of benzene rings is 1. The minimum absolute atomic E-state index is 0.0300. The standard InChI is InChI=1S/C20H25ClN2O4/c21-15-4-6-16(7-5-15)27-10-18(25)23-20-11-19(12-20,13-20)22-17(24)9-26-8-14-2-1-3-14/h4-7,14H,1-3,8-13H2,(H,22,24)(H,23,25). The molecule has 0 saturated heterocycles. The Bertz CT molecular complexity index is 697. The van der Waals surface area contributed by atoms with Crippen LogP contribution in [-0.4, -0.2) is 42.7 Å².